The van der Waals surface area contributed by atoms with Crippen LogP contribution < -0.4 is 14.8 Å². The highest BCUT2D eigenvalue weighted by molar-refractivity contribution is 6.21. The van der Waals surface area contributed by atoms with E-state index in [2.05, 4.69) is 10.5 Å². The largest absolute Gasteiger partial charge is 0.493 e. The van der Waals surface area contributed by atoms with Crippen molar-refractivity contribution in [2.24, 2.45) is 0 Å². The number of anilines is 1. The van der Waals surface area contributed by atoms with Gasteiger partial charge < -0.3 is 24.1 Å². The minimum atomic E-state index is -0.739. The zero-order valence-corrected chi connectivity index (χ0v) is 20.0. The van der Waals surface area contributed by atoms with Gasteiger partial charge in [-0.05, 0) is 50.2 Å². The third-order valence-corrected chi connectivity index (χ3v) is 5.66. The quantitative estimate of drug-likeness (QED) is 0.371. The van der Waals surface area contributed by atoms with Crippen molar-refractivity contribution < 1.29 is 37.9 Å². The molecular weight excluding hydrogens is 470 g/mol. The molecule has 1 aromatic heterocycles. The number of hydrogen-bond donors (Lipinski definition) is 1. The van der Waals surface area contributed by atoms with Crippen LogP contribution in [0.1, 0.15) is 48.1 Å². The highest BCUT2D eigenvalue weighted by Gasteiger charge is 2.32. The van der Waals surface area contributed by atoms with Crippen molar-refractivity contribution in [1.29, 1.82) is 0 Å². The van der Waals surface area contributed by atoms with E-state index < -0.39 is 30.3 Å². The standard InChI is InChI=1S/C25H23N3O8/c1-13-19(14(2)36-27-13)11-34-20-8-5-15(9-21(20)33-4)25(32)35-12-22(29)26-16-6-7-17-18(10-16)24(31)28(3)23(17)30/h5-10H,11-12H2,1-4H3,(H,26,29). The number of imide groups is 1. The van der Waals surface area contributed by atoms with Crippen molar-refractivity contribution in [3.05, 3.63) is 70.1 Å². The van der Waals surface area contributed by atoms with Crippen LogP contribution in [0.15, 0.2) is 40.9 Å². The van der Waals surface area contributed by atoms with Crippen molar-refractivity contribution in [2.75, 3.05) is 26.1 Å². The lowest BCUT2D eigenvalue weighted by Gasteiger charge is -2.12. The van der Waals surface area contributed by atoms with E-state index in [1.807, 2.05) is 6.92 Å². The second-order valence-electron chi connectivity index (χ2n) is 8.01. The van der Waals surface area contributed by atoms with E-state index in [0.717, 1.165) is 16.2 Å². The number of carbonyl (C=O) groups excluding carboxylic acids is 4. The predicted octanol–water partition coefficient (Wildman–Crippen LogP) is 2.90. The molecule has 0 spiro atoms. The normalized spacial score (nSPS) is 12.4. The monoisotopic (exact) mass is 493 g/mol. The third kappa shape index (κ3) is 4.76. The molecule has 0 radical (unpaired) electrons. The molecule has 36 heavy (non-hydrogen) atoms. The molecule has 0 unspecified atom stereocenters. The van der Waals surface area contributed by atoms with Gasteiger partial charge in [-0.15, -0.1) is 0 Å². The first-order valence-corrected chi connectivity index (χ1v) is 10.9. The van der Waals surface area contributed by atoms with Crippen LogP contribution in [0.5, 0.6) is 11.5 Å². The van der Waals surface area contributed by atoms with Gasteiger partial charge >= 0.3 is 5.97 Å². The molecule has 11 heteroatoms. The lowest BCUT2D eigenvalue weighted by atomic mass is 10.1. The Bertz CT molecular complexity index is 1360. The Kier molecular flexibility index (Phi) is 6.73. The fraction of sp³-hybridized carbons (Fsp3) is 0.240. The number of esters is 1. The second kappa shape index (κ2) is 9.90. The molecule has 3 aromatic rings. The van der Waals surface area contributed by atoms with Gasteiger partial charge in [0.25, 0.3) is 17.7 Å². The highest BCUT2D eigenvalue weighted by atomic mass is 16.5. The van der Waals surface area contributed by atoms with E-state index in [0.29, 0.717) is 22.9 Å². The van der Waals surface area contributed by atoms with Crippen LogP contribution in [0, 0.1) is 13.8 Å². The number of methoxy groups -OCH3 is 1. The number of aryl methyl sites for hydroxylation is 2. The van der Waals surface area contributed by atoms with Crippen molar-refractivity contribution in [3.63, 3.8) is 0 Å². The molecule has 0 saturated carbocycles. The molecule has 1 aliphatic heterocycles. The Labute approximate surface area is 205 Å². The van der Waals surface area contributed by atoms with E-state index >= 15 is 0 Å². The van der Waals surface area contributed by atoms with Gasteiger partial charge in [0.05, 0.1) is 35.1 Å². The fourth-order valence-electron chi connectivity index (χ4n) is 3.62. The van der Waals surface area contributed by atoms with Crippen molar-refractivity contribution in [3.8, 4) is 11.5 Å². The predicted molar refractivity (Wildman–Crippen MR) is 125 cm³/mol. The molecule has 2 heterocycles. The average molecular weight is 493 g/mol. The second-order valence-corrected chi connectivity index (χ2v) is 8.01. The highest BCUT2D eigenvalue weighted by Crippen LogP contribution is 2.30. The van der Waals surface area contributed by atoms with Gasteiger partial charge in [-0.1, -0.05) is 5.16 Å². The number of carbonyl (C=O) groups is 4. The van der Waals surface area contributed by atoms with Gasteiger partial charge in [0, 0.05) is 12.7 Å². The average Bonchev–Trinajstić information content (AvgIpc) is 3.31. The van der Waals surface area contributed by atoms with Crippen molar-refractivity contribution in [2.45, 2.75) is 20.5 Å². The lowest BCUT2D eigenvalue weighted by molar-refractivity contribution is -0.119. The molecule has 0 aliphatic carbocycles. The molecule has 11 nitrogen and oxygen atoms in total. The Hall–Kier alpha value is -4.67. The van der Waals surface area contributed by atoms with Gasteiger partial charge in [0.15, 0.2) is 18.1 Å². The molecule has 0 bridgehead atoms. The fourth-order valence-corrected chi connectivity index (χ4v) is 3.62. The zero-order valence-electron chi connectivity index (χ0n) is 20.0. The summed E-state index contributed by atoms with van der Waals surface area (Å²) in [4.78, 5) is 49.9. The molecule has 2 aromatic carbocycles. The zero-order chi connectivity index (χ0) is 26.0. The summed E-state index contributed by atoms with van der Waals surface area (Å²) in [6.07, 6.45) is 0. The van der Waals surface area contributed by atoms with Crippen LogP contribution in [-0.4, -0.2) is 54.5 Å². The number of hydrogen-bond acceptors (Lipinski definition) is 9. The van der Waals surface area contributed by atoms with Gasteiger partial charge in [-0.3, -0.25) is 19.3 Å². The summed E-state index contributed by atoms with van der Waals surface area (Å²) in [5, 5.41) is 6.43. The first kappa shape index (κ1) is 24.5. The Morgan fingerprint density at radius 1 is 1.03 bits per heavy atom. The number of nitrogens with one attached hydrogen (secondary N) is 1. The number of fused-ring (bicyclic) bond motifs is 1. The van der Waals surface area contributed by atoms with Gasteiger partial charge in [0.2, 0.25) is 0 Å². The number of ether oxygens (including phenoxy) is 3. The number of rotatable bonds is 8. The Morgan fingerprint density at radius 2 is 1.78 bits per heavy atom. The maximum absolute atomic E-state index is 12.5. The molecule has 0 fully saturated rings. The van der Waals surface area contributed by atoms with Crippen LogP contribution in [0.3, 0.4) is 0 Å². The summed E-state index contributed by atoms with van der Waals surface area (Å²) >= 11 is 0. The Balaban J connectivity index is 1.35. The SMILES string of the molecule is COc1cc(C(=O)OCC(=O)Nc2ccc3c(c2)C(=O)N(C)C3=O)ccc1OCc1c(C)noc1C. The summed E-state index contributed by atoms with van der Waals surface area (Å²) in [5.74, 6) is -0.845. The van der Waals surface area contributed by atoms with Crippen molar-refractivity contribution in [1.82, 2.24) is 10.1 Å². The molecule has 0 saturated heterocycles. The van der Waals surface area contributed by atoms with Crippen LogP contribution >= 0.6 is 0 Å². The first-order chi connectivity index (χ1) is 17.2. The molecule has 1 N–H and O–H groups in total. The summed E-state index contributed by atoms with van der Waals surface area (Å²) < 4.78 is 21.3. The number of nitrogens with zero attached hydrogens (tertiary/aromatic N) is 2. The third-order valence-electron chi connectivity index (χ3n) is 5.66. The smallest absolute Gasteiger partial charge is 0.338 e. The summed E-state index contributed by atoms with van der Waals surface area (Å²) in [7, 11) is 2.82. The minimum Gasteiger partial charge on any atom is -0.493 e. The maximum Gasteiger partial charge on any atom is 0.338 e. The number of benzene rings is 2. The molecule has 186 valence electrons. The van der Waals surface area contributed by atoms with Crippen LogP contribution in [0.2, 0.25) is 0 Å². The topological polar surface area (TPSA) is 137 Å². The van der Waals surface area contributed by atoms with E-state index in [1.54, 1.807) is 13.0 Å². The van der Waals surface area contributed by atoms with E-state index in [9.17, 15) is 19.2 Å². The molecule has 1 aliphatic rings. The van der Waals surface area contributed by atoms with Gasteiger partial charge in [0.1, 0.15) is 12.4 Å². The first-order valence-electron chi connectivity index (χ1n) is 10.9. The van der Waals surface area contributed by atoms with Crippen LogP contribution in [0.4, 0.5) is 5.69 Å². The van der Waals surface area contributed by atoms with Gasteiger partial charge in [-0.25, -0.2) is 4.79 Å². The van der Waals surface area contributed by atoms with E-state index in [4.69, 9.17) is 18.7 Å². The van der Waals surface area contributed by atoms with Gasteiger partial charge in [-0.2, -0.15) is 0 Å². The minimum absolute atomic E-state index is 0.161. The van der Waals surface area contributed by atoms with Crippen LogP contribution in [0.25, 0.3) is 0 Å². The molecule has 0 atom stereocenters. The van der Waals surface area contributed by atoms with Crippen molar-refractivity contribution >= 4 is 29.4 Å². The molecular formula is C25H23N3O8. The maximum atomic E-state index is 12.5. The Morgan fingerprint density at radius 3 is 2.47 bits per heavy atom. The summed E-state index contributed by atoms with van der Waals surface area (Å²) in [6.45, 7) is 3.25. The van der Waals surface area contributed by atoms with Crippen LogP contribution in [-0.2, 0) is 16.1 Å². The molecule has 4 rings (SSSR count). The number of amides is 3. The summed E-state index contributed by atoms with van der Waals surface area (Å²) in [5.41, 5.74) is 2.46. The molecule has 3 amide bonds. The van der Waals surface area contributed by atoms with E-state index in [-0.39, 0.29) is 23.3 Å². The van der Waals surface area contributed by atoms with E-state index in [1.165, 1.54) is 44.5 Å². The summed E-state index contributed by atoms with van der Waals surface area (Å²) in [6, 6.07) is 8.86. The lowest BCUT2D eigenvalue weighted by Crippen LogP contribution is -2.24. The number of aromatic nitrogens is 1.